The molecule has 0 aliphatic carbocycles. The van der Waals surface area contributed by atoms with Crippen molar-refractivity contribution in [1.82, 2.24) is 9.78 Å². The van der Waals surface area contributed by atoms with Gasteiger partial charge in [-0.25, -0.2) is 4.79 Å². The Bertz CT molecular complexity index is 426. The number of rotatable bonds is 4. The van der Waals surface area contributed by atoms with E-state index < -0.39 is 23.9 Å². The SMILES string of the molecule is CCOC(=O)C(CC)n1nc(C(F)(F)F)cc1C. The molecule has 102 valence electrons. The fourth-order valence-corrected chi connectivity index (χ4v) is 1.62. The van der Waals surface area contributed by atoms with Gasteiger partial charge in [0.25, 0.3) is 0 Å². The van der Waals surface area contributed by atoms with Crippen LogP contribution in [0, 0.1) is 6.92 Å². The van der Waals surface area contributed by atoms with Gasteiger partial charge in [-0.15, -0.1) is 0 Å². The van der Waals surface area contributed by atoms with Crippen LogP contribution in [0.3, 0.4) is 0 Å². The van der Waals surface area contributed by atoms with E-state index in [0.29, 0.717) is 6.42 Å². The van der Waals surface area contributed by atoms with Crippen molar-refractivity contribution in [3.8, 4) is 0 Å². The number of halogens is 3. The molecular formula is C11H15F3N2O2. The van der Waals surface area contributed by atoms with Crippen LogP contribution in [-0.2, 0) is 15.7 Å². The number of ether oxygens (including phenoxy) is 1. The van der Waals surface area contributed by atoms with Crippen molar-refractivity contribution < 1.29 is 22.7 Å². The summed E-state index contributed by atoms with van der Waals surface area (Å²) in [7, 11) is 0. The Morgan fingerprint density at radius 3 is 2.50 bits per heavy atom. The highest BCUT2D eigenvalue weighted by Gasteiger charge is 2.36. The Labute approximate surface area is 103 Å². The van der Waals surface area contributed by atoms with Crippen LogP contribution in [0.25, 0.3) is 0 Å². The van der Waals surface area contributed by atoms with Crippen LogP contribution in [0.2, 0.25) is 0 Å². The zero-order valence-electron chi connectivity index (χ0n) is 10.4. The standard InChI is InChI=1S/C11H15F3N2O2/c1-4-8(10(17)18-5-2)16-7(3)6-9(15-16)11(12,13)14/h6,8H,4-5H2,1-3H3. The quantitative estimate of drug-likeness (QED) is 0.785. The van der Waals surface area contributed by atoms with Crippen LogP contribution in [0.5, 0.6) is 0 Å². The maximum atomic E-state index is 12.5. The van der Waals surface area contributed by atoms with E-state index in [0.717, 1.165) is 10.7 Å². The number of carbonyl (C=O) groups is 1. The first-order valence-electron chi connectivity index (χ1n) is 5.61. The molecule has 0 bridgehead atoms. The van der Waals surface area contributed by atoms with Gasteiger partial charge in [-0.1, -0.05) is 6.92 Å². The fraction of sp³-hybridized carbons (Fsp3) is 0.636. The van der Waals surface area contributed by atoms with Crippen molar-refractivity contribution in [2.24, 2.45) is 0 Å². The van der Waals surface area contributed by atoms with Gasteiger partial charge in [0.1, 0.15) is 6.04 Å². The summed E-state index contributed by atoms with van der Waals surface area (Å²) >= 11 is 0. The summed E-state index contributed by atoms with van der Waals surface area (Å²) in [4.78, 5) is 11.6. The topological polar surface area (TPSA) is 44.1 Å². The van der Waals surface area contributed by atoms with Crippen molar-refractivity contribution in [2.75, 3.05) is 6.61 Å². The van der Waals surface area contributed by atoms with E-state index in [1.165, 1.54) is 6.92 Å². The predicted octanol–water partition coefficient (Wildman–Crippen LogP) is 2.72. The Morgan fingerprint density at radius 1 is 1.50 bits per heavy atom. The number of esters is 1. The molecule has 0 saturated heterocycles. The Hall–Kier alpha value is -1.53. The molecule has 1 atom stereocenters. The smallest absolute Gasteiger partial charge is 0.435 e. The molecule has 0 amide bonds. The first-order valence-corrected chi connectivity index (χ1v) is 5.61. The molecule has 1 aromatic rings. The lowest BCUT2D eigenvalue weighted by molar-refractivity contribution is -0.149. The van der Waals surface area contributed by atoms with Gasteiger partial charge in [0.05, 0.1) is 6.61 Å². The summed E-state index contributed by atoms with van der Waals surface area (Å²) in [5.74, 6) is -0.570. The van der Waals surface area contributed by atoms with E-state index in [1.807, 2.05) is 0 Å². The average molecular weight is 264 g/mol. The minimum atomic E-state index is -4.51. The molecular weight excluding hydrogens is 249 g/mol. The van der Waals surface area contributed by atoms with Crippen LogP contribution < -0.4 is 0 Å². The highest BCUT2D eigenvalue weighted by Crippen LogP contribution is 2.29. The second-order valence-corrected chi connectivity index (χ2v) is 3.79. The molecule has 0 aromatic carbocycles. The summed E-state index contributed by atoms with van der Waals surface area (Å²) in [6.45, 7) is 4.99. The van der Waals surface area contributed by atoms with Crippen molar-refractivity contribution >= 4 is 5.97 Å². The van der Waals surface area contributed by atoms with Gasteiger partial charge in [-0.05, 0) is 26.3 Å². The normalized spacial score (nSPS) is 13.4. The lowest BCUT2D eigenvalue weighted by Crippen LogP contribution is -2.23. The van der Waals surface area contributed by atoms with Gasteiger partial charge in [0.2, 0.25) is 0 Å². The number of hydrogen-bond acceptors (Lipinski definition) is 3. The molecule has 0 spiro atoms. The van der Waals surface area contributed by atoms with E-state index in [1.54, 1.807) is 13.8 Å². The van der Waals surface area contributed by atoms with Crippen molar-refractivity contribution in [2.45, 2.75) is 39.4 Å². The van der Waals surface area contributed by atoms with E-state index in [-0.39, 0.29) is 12.3 Å². The molecule has 0 radical (unpaired) electrons. The zero-order chi connectivity index (χ0) is 13.9. The molecule has 1 aromatic heterocycles. The van der Waals surface area contributed by atoms with Crippen LogP contribution in [0.1, 0.15) is 37.7 Å². The lowest BCUT2D eigenvalue weighted by Gasteiger charge is -2.15. The molecule has 18 heavy (non-hydrogen) atoms. The number of aryl methyl sites for hydroxylation is 1. The second-order valence-electron chi connectivity index (χ2n) is 3.79. The van der Waals surface area contributed by atoms with Gasteiger partial charge in [-0.3, -0.25) is 4.68 Å². The summed E-state index contributed by atoms with van der Waals surface area (Å²) in [5, 5.41) is 3.45. The van der Waals surface area contributed by atoms with Crippen LogP contribution in [0.4, 0.5) is 13.2 Å². The minimum absolute atomic E-state index is 0.182. The Balaban J connectivity index is 3.07. The Morgan fingerprint density at radius 2 is 2.11 bits per heavy atom. The van der Waals surface area contributed by atoms with Gasteiger partial charge < -0.3 is 4.74 Å². The molecule has 1 unspecified atom stereocenters. The van der Waals surface area contributed by atoms with E-state index in [4.69, 9.17) is 4.74 Å². The molecule has 0 aliphatic heterocycles. The van der Waals surface area contributed by atoms with Crippen molar-refractivity contribution in [3.63, 3.8) is 0 Å². The summed E-state index contributed by atoms with van der Waals surface area (Å²) < 4.78 is 43.4. The molecule has 1 rings (SSSR count). The highest BCUT2D eigenvalue weighted by molar-refractivity contribution is 5.74. The largest absolute Gasteiger partial charge is 0.464 e. The summed E-state index contributed by atoms with van der Waals surface area (Å²) in [5.41, 5.74) is -0.718. The number of nitrogens with zero attached hydrogens (tertiary/aromatic N) is 2. The number of carbonyl (C=O) groups excluding carboxylic acids is 1. The van der Waals surface area contributed by atoms with E-state index in [9.17, 15) is 18.0 Å². The van der Waals surface area contributed by atoms with E-state index >= 15 is 0 Å². The minimum Gasteiger partial charge on any atom is -0.464 e. The molecule has 0 N–H and O–H groups in total. The zero-order valence-corrected chi connectivity index (χ0v) is 10.4. The second kappa shape index (κ2) is 5.41. The molecule has 7 heteroatoms. The average Bonchev–Trinajstić information content (AvgIpc) is 2.62. The molecule has 4 nitrogen and oxygen atoms in total. The number of alkyl halides is 3. The maximum Gasteiger partial charge on any atom is 0.435 e. The van der Waals surface area contributed by atoms with Crippen molar-refractivity contribution in [1.29, 1.82) is 0 Å². The third-order valence-corrected chi connectivity index (χ3v) is 2.45. The molecule has 0 aliphatic rings. The van der Waals surface area contributed by atoms with Crippen molar-refractivity contribution in [3.05, 3.63) is 17.5 Å². The van der Waals surface area contributed by atoms with Crippen LogP contribution in [-0.4, -0.2) is 22.4 Å². The summed E-state index contributed by atoms with van der Waals surface area (Å²) in [6, 6.07) is 0.100. The first kappa shape index (κ1) is 14.5. The summed E-state index contributed by atoms with van der Waals surface area (Å²) in [6.07, 6.45) is -4.19. The first-order chi connectivity index (χ1) is 8.31. The lowest BCUT2D eigenvalue weighted by atomic mass is 10.2. The van der Waals surface area contributed by atoms with E-state index in [2.05, 4.69) is 5.10 Å². The van der Waals surface area contributed by atoms with Crippen LogP contribution in [0.15, 0.2) is 6.07 Å². The monoisotopic (exact) mass is 264 g/mol. The molecule has 0 fully saturated rings. The molecule has 0 saturated carbocycles. The third-order valence-electron chi connectivity index (χ3n) is 2.45. The van der Waals surface area contributed by atoms with Gasteiger partial charge >= 0.3 is 12.1 Å². The van der Waals surface area contributed by atoms with Gasteiger partial charge in [0.15, 0.2) is 5.69 Å². The number of aromatic nitrogens is 2. The van der Waals surface area contributed by atoms with Crippen LogP contribution >= 0.6 is 0 Å². The molecule has 1 heterocycles. The maximum absolute atomic E-state index is 12.5. The van der Waals surface area contributed by atoms with Gasteiger partial charge in [-0.2, -0.15) is 18.3 Å². The van der Waals surface area contributed by atoms with Gasteiger partial charge in [0, 0.05) is 5.69 Å². The predicted molar refractivity (Wildman–Crippen MR) is 57.9 cm³/mol. The number of hydrogen-bond donors (Lipinski definition) is 0. The third kappa shape index (κ3) is 3.02. The fourth-order valence-electron chi connectivity index (χ4n) is 1.62. The highest BCUT2D eigenvalue weighted by atomic mass is 19.4. The Kier molecular flexibility index (Phi) is 4.37.